The first kappa shape index (κ1) is 19.2. The quantitative estimate of drug-likeness (QED) is 0.413. The average molecular weight is 284 g/mol. The van der Waals surface area contributed by atoms with Gasteiger partial charge in [0.2, 0.25) is 0 Å². The SMILES string of the molecule is CCCCCCCCC(C=C(C)C)(CCOC)C(=O)O. The number of unbranched alkanes of at least 4 members (excludes halogenated alkanes) is 5. The highest BCUT2D eigenvalue weighted by Crippen LogP contribution is 2.33. The Labute approximate surface area is 124 Å². The van der Waals surface area contributed by atoms with Gasteiger partial charge in [0.15, 0.2) is 0 Å². The molecule has 0 saturated carbocycles. The first-order valence-corrected chi connectivity index (χ1v) is 7.87. The molecule has 0 aromatic carbocycles. The summed E-state index contributed by atoms with van der Waals surface area (Å²) in [5.74, 6) is -0.718. The van der Waals surface area contributed by atoms with E-state index in [2.05, 4.69) is 6.92 Å². The molecule has 0 aromatic heterocycles. The van der Waals surface area contributed by atoms with E-state index in [-0.39, 0.29) is 0 Å². The maximum absolute atomic E-state index is 11.7. The fraction of sp³-hybridized carbons (Fsp3) is 0.824. The van der Waals surface area contributed by atoms with E-state index in [1.165, 1.54) is 25.7 Å². The lowest BCUT2D eigenvalue weighted by Gasteiger charge is -2.26. The monoisotopic (exact) mass is 284 g/mol. The van der Waals surface area contributed by atoms with Crippen LogP contribution >= 0.6 is 0 Å². The van der Waals surface area contributed by atoms with Gasteiger partial charge in [-0.2, -0.15) is 0 Å². The fourth-order valence-corrected chi connectivity index (χ4v) is 2.60. The third-order valence-electron chi connectivity index (χ3n) is 3.72. The predicted molar refractivity (Wildman–Crippen MR) is 84.0 cm³/mol. The molecule has 0 spiro atoms. The molecule has 0 bridgehead atoms. The number of allylic oxidation sites excluding steroid dienone is 1. The molecule has 20 heavy (non-hydrogen) atoms. The molecule has 1 atom stereocenters. The minimum Gasteiger partial charge on any atom is -0.481 e. The van der Waals surface area contributed by atoms with Crippen molar-refractivity contribution in [2.45, 2.75) is 72.1 Å². The molecule has 0 heterocycles. The molecule has 0 aliphatic heterocycles. The molecule has 3 heteroatoms. The van der Waals surface area contributed by atoms with Crippen LogP contribution in [-0.2, 0) is 9.53 Å². The van der Waals surface area contributed by atoms with E-state index in [0.29, 0.717) is 19.4 Å². The molecule has 0 radical (unpaired) electrons. The Balaban J connectivity index is 4.50. The minimum absolute atomic E-state index is 0.492. The summed E-state index contributed by atoms with van der Waals surface area (Å²) >= 11 is 0. The van der Waals surface area contributed by atoms with Crippen LogP contribution in [0.15, 0.2) is 11.6 Å². The molecular formula is C17H32O3. The zero-order chi connectivity index (χ0) is 15.4. The van der Waals surface area contributed by atoms with Crippen molar-refractivity contribution in [2.75, 3.05) is 13.7 Å². The highest BCUT2D eigenvalue weighted by Gasteiger charge is 2.35. The van der Waals surface area contributed by atoms with Crippen LogP contribution in [0, 0.1) is 5.41 Å². The lowest BCUT2D eigenvalue weighted by Crippen LogP contribution is -2.30. The molecule has 0 amide bonds. The van der Waals surface area contributed by atoms with Crippen molar-refractivity contribution < 1.29 is 14.6 Å². The molecule has 0 fully saturated rings. The largest absolute Gasteiger partial charge is 0.481 e. The summed E-state index contributed by atoms with van der Waals surface area (Å²) in [6.45, 7) is 6.62. The van der Waals surface area contributed by atoms with Gasteiger partial charge in [0.25, 0.3) is 0 Å². The summed E-state index contributed by atoms with van der Waals surface area (Å²) in [6.07, 6.45) is 10.3. The molecule has 3 nitrogen and oxygen atoms in total. The molecule has 118 valence electrons. The van der Waals surface area contributed by atoms with Crippen LogP contribution in [0.5, 0.6) is 0 Å². The molecule has 0 aliphatic carbocycles. The highest BCUT2D eigenvalue weighted by atomic mass is 16.5. The standard InChI is InChI=1S/C17H32O3/c1-5-6-7-8-9-10-11-17(16(18)19,12-13-20-4)14-15(2)3/h14H,5-13H2,1-4H3,(H,18,19). The fourth-order valence-electron chi connectivity index (χ4n) is 2.60. The topological polar surface area (TPSA) is 46.5 Å². The molecule has 1 N–H and O–H groups in total. The van der Waals surface area contributed by atoms with Gasteiger partial charge in [-0.3, -0.25) is 4.79 Å². The van der Waals surface area contributed by atoms with Gasteiger partial charge in [0.05, 0.1) is 5.41 Å². The predicted octanol–water partition coefficient (Wildman–Crippen LogP) is 4.81. The Bertz CT molecular complexity index is 293. The van der Waals surface area contributed by atoms with E-state index in [1.807, 2.05) is 19.9 Å². The van der Waals surface area contributed by atoms with Crippen LogP contribution in [0.1, 0.15) is 72.1 Å². The molecule has 0 rings (SSSR count). The van der Waals surface area contributed by atoms with Crippen LogP contribution in [-0.4, -0.2) is 24.8 Å². The summed E-state index contributed by atoms with van der Waals surface area (Å²) in [5, 5.41) is 9.64. The number of ether oxygens (including phenoxy) is 1. The van der Waals surface area contributed by atoms with E-state index in [9.17, 15) is 9.90 Å². The normalized spacial score (nSPS) is 13.8. The molecule has 0 aromatic rings. The van der Waals surface area contributed by atoms with Crippen molar-refractivity contribution >= 4 is 5.97 Å². The lowest BCUT2D eigenvalue weighted by molar-refractivity contribution is -0.147. The summed E-state index contributed by atoms with van der Waals surface area (Å²) < 4.78 is 5.10. The van der Waals surface area contributed by atoms with Crippen molar-refractivity contribution in [2.24, 2.45) is 5.41 Å². The van der Waals surface area contributed by atoms with Crippen LogP contribution < -0.4 is 0 Å². The van der Waals surface area contributed by atoms with Gasteiger partial charge in [-0.15, -0.1) is 0 Å². The van der Waals surface area contributed by atoms with Crippen LogP contribution in [0.3, 0.4) is 0 Å². The average Bonchev–Trinajstić information content (AvgIpc) is 2.38. The van der Waals surface area contributed by atoms with Gasteiger partial charge in [-0.1, -0.05) is 57.1 Å². The number of methoxy groups -OCH3 is 1. The lowest BCUT2D eigenvalue weighted by atomic mass is 9.78. The summed E-state index contributed by atoms with van der Waals surface area (Å²) in [4.78, 5) is 11.7. The number of aliphatic carboxylic acids is 1. The van der Waals surface area contributed by atoms with Gasteiger partial charge in [-0.05, 0) is 26.7 Å². The van der Waals surface area contributed by atoms with Crippen molar-refractivity contribution in [1.82, 2.24) is 0 Å². The molecule has 0 aliphatic rings. The second kappa shape index (κ2) is 10.9. The summed E-state index contributed by atoms with van der Waals surface area (Å²) in [5.41, 5.74) is 0.314. The van der Waals surface area contributed by atoms with Crippen LogP contribution in [0.25, 0.3) is 0 Å². The first-order chi connectivity index (χ1) is 9.48. The van der Waals surface area contributed by atoms with Crippen molar-refractivity contribution in [3.63, 3.8) is 0 Å². The maximum Gasteiger partial charge on any atom is 0.313 e. The van der Waals surface area contributed by atoms with Gasteiger partial charge < -0.3 is 9.84 Å². The highest BCUT2D eigenvalue weighted by molar-refractivity contribution is 5.77. The summed E-state index contributed by atoms with van der Waals surface area (Å²) in [6, 6.07) is 0. The van der Waals surface area contributed by atoms with E-state index in [1.54, 1.807) is 7.11 Å². The third-order valence-corrected chi connectivity index (χ3v) is 3.72. The summed E-state index contributed by atoms with van der Waals surface area (Å²) in [7, 11) is 1.62. The second-order valence-electron chi connectivity index (χ2n) is 5.94. The van der Waals surface area contributed by atoms with Gasteiger partial charge in [0.1, 0.15) is 0 Å². The zero-order valence-corrected chi connectivity index (χ0v) is 13.7. The van der Waals surface area contributed by atoms with E-state index < -0.39 is 11.4 Å². The number of carboxylic acids is 1. The Morgan fingerprint density at radius 3 is 2.20 bits per heavy atom. The third kappa shape index (κ3) is 7.68. The minimum atomic E-state index is -0.750. The molecule has 1 unspecified atom stereocenters. The Morgan fingerprint density at radius 2 is 1.70 bits per heavy atom. The first-order valence-electron chi connectivity index (χ1n) is 7.87. The molecular weight excluding hydrogens is 252 g/mol. The Kier molecular flexibility index (Phi) is 10.4. The van der Waals surface area contributed by atoms with Crippen molar-refractivity contribution in [1.29, 1.82) is 0 Å². The maximum atomic E-state index is 11.7. The number of carbonyl (C=O) groups is 1. The second-order valence-corrected chi connectivity index (χ2v) is 5.94. The van der Waals surface area contributed by atoms with Crippen molar-refractivity contribution in [3.05, 3.63) is 11.6 Å². The Hall–Kier alpha value is -0.830. The van der Waals surface area contributed by atoms with Crippen LogP contribution in [0.2, 0.25) is 0 Å². The van der Waals surface area contributed by atoms with E-state index in [0.717, 1.165) is 18.4 Å². The number of rotatable bonds is 12. The van der Waals surface area contributed by atoms with Gasteiger partial charge >= 0.3 is 5.97 Å². The number of hydrogen-bond donors (Lipinski definition) is 1. The zero-order valence-electron chi connectivity index (χ0n) is 13.7. The van der Waals surface area contributed by atoms with Gasteiger partial charge in [0, 0.05) is 13.7 Å². The van der Waals surface area contributed by atoms with Crippen molar-refractivity contribution in [3.8, 4) is 0 Å². The van der Waals surface area contributed by atoms with Gasteiger partial charge in [-0.25, -0.2) is 0 Å². The van der Waals surface area contributed by atoms with E-state index >= 15 is 0 Å². The van der Waals surface area contributed by atoms with E-state index in [4.69, 9.17) is 4.74 Å². The number of hydrogen-bond acceptors (Lipinski definition) is 2. The van der Waals surface area contributed by atoms with Crippen LogP contribution in [0.4, 0.5) is 0 Å². The number of carboxylic acid groups (broad SMARTS) is 1. The molecule has 0 saturated heterocycles. The Morgan fingerprint density at radius 1 is 1.10 bits per heavy atom. The smallest absolute Gasteiger partial charge is 0.313 e.